The van der Waals surface area contributed by atoms with Gasteiger partial charge in [0.05, 0.1) is 12.6 Å². The Bertz CT molecular complexity index is 399. The van der Waals surface area contributed by atoms with Crippen LogP contribution < -0.4 is 5.32 Å². The van der Waals surface area contributed by atoms with E-state index in [0.717, 1.165) is 12.1 Å². The van der Waals surface area contributed by atoms with Crippen LogP contribution in [0.3, 0.4) is 0 Å². The van der Waals surface area contributed by atoms with Gasteiger partial charge in [-0.05, 0) is 18.6 Å². The lowest BCUT2D eigenvalue weighted by Crippen LogP contribution is -2.37. The molecule has 0 aliphatic heterocycles. The van der Waals surface area contributed by atoms with E-state index >= 15 is 0 Å². The van der Waals surface area contributed by atoms with Crippen LogP contribution in [-0.2, 0) is 0 Å². The van der Waals surface area contributed by atoms with E-state index in [0.29, 0.717) is 6.42 Å². The molecule has 3 nitrogen and oxygen atoms in total. The number of hydrogen-bond donors (Lipinski definition) is 2. The Labute approximate surface area is 106 Å². The first-order chi connectivity index (χ1) is 7.99. The highest BCUT2D eigenvalue weighted by Crippen LogP contribution is 2.19. The van der Waals surface area contributed by atoms with E-state index in [2.05, 4.69) is 21.2 Å². The molecule has 0 aliphatic carbocycles. The van der Waals surface area contributed by atoms with Crippen molar-refractivity contribution in [2.45, 2.75) is 19.4 Å². The Morgan fingerprint density at radius 1 is 1.47 bits per heavy atom. The fourth-order valence-corrected chi connectivity index (χ4v) is 1.70. The summed E-state index contributed by atoms with van der Waals surface area (Å²) in [5, 5.41) is 11.2. The quantitative estimate of drug-likeness (QED) is 0.896. The number of hydrogen-bond acceptors (Lipinski definition) is 2. The average Bonchev–Trinajstić information content (AvgIpc) is 2.24. The number of benzene rings is 1. The lowest BCUT2D eigenvalue weighted by molar-refractivity contribution is 0.0906. The maximum absolute atomic E-state index is 13.4. The van der Waals surface area contributed by atoms with E-state index in [4.69, 9.17) is 5.11 Å². The third-order valence-electron chi connectivity index (χ3n) is 2.28. The molecule has 0 saturated carbocycles. The summed E-state index contributed by atoms with van der Waals surface area (Å²) in [4.78, 5) is 11.6. The SMILES string of the molecule is CCC(CO)NC(=O)c1c(F)cc(Br)cc1F. The first-order valence-corrected chi connectivity index (χ1v) is 5.85. The van der Waals surface area contributed by atoms with Crippen LogP contribution >= 0.6 is 15.9 Å². The van der Waals surface area contributed by atoms with Crippen LogP contribution in [0, 0.1) is 11.6 Å². The monoisotopic (exact) mass is 307 g/mol. The van der Waals surface area contributed by atoms with Crippen LogP contribution in [0.15, 0.2) is 16.6 Å². The number of carbonyl (C=O) groups excluding carboxylic acids is 1. The van der Waals surface area contributed by atoms with Crippen molar-refractivity contribution in [2.24, 2.45) is 0 Å². The third kappa shape index (κ3) is 3.47. The molecule has 0 bridgehead atoms. The van der Waals surface area contributed by atoms with Gasteiger partial charge in [0.15, 0.2) is 0 Å². The van der Waals surface area contributed by atoms with Gasteiger partial charge in [-0.2, -0.15) is 0 Å². The van der Waals surface area contributed by atoms with Gasteiger partial charge in [-0.3, -0.25) is 4.79 Å². The summed E-state index contributed by atoms with van der Waals surface area (Å²) in [6, 6.07) is 1.51. The summed E-state index contributed by atoms with van der Waals surface area (Å²) in [6.07, 6.45) is 0.474. The number of carbonyl (C=O) groups is 1. The van der Waals surface area contributed by atoms with E-state index in [1.54, 1.807) is 6.92 Å². The minimum absolute atomic E-state index is 0.221. The van der Waals surface area contributed by atoms with Crippen molar-refractivity contribution in [1.82, 2.24) is 5.32 Å². The highest BCUT2D eigenvalue weighted by atomic mass is 79.9. The second-order valence-electron chi connectivity index (χ2n) is 3.51. The molecule has 1 amide bonds. The first-order valence-electron chi connectivity index (χ1n) is 5.05. The van der Waals surface area contributed by atoms with Crippen molar-refractivity contribution in [2.75, 3.05) is 6.61 Å². The zero-order valence-electron chi connectivity index (χ0n) is 9.14. The predicted octanol–water partition coefficient (Wildman–Crippen LogP) is 2.23. The van der Waals surface area contributed by atoms with Crippen molar-refractivity contribution in [3.8, 4) is 0 Å². The Balaban J connectivity index is 2.96. The maximum atomic E-state index is 13.4. The average molecular weight is 308 g/mol. The lowest BCUT2D eigenvalue weighted by Gasteiger charge is -2.14. The Hall–Kier alpha value is -1.01. The molecule has 1 aromatic rings. The number of aliphatic hydroxyl groups excluding tert-OH is 1. The molecule has 0 fully saturated rings. The van der Waals surface area contributed by atoms with Crippen LogP contribution in [-0.4, -0.2) is 23.7 Å². The van der Waals surface area contributed by atoms with E-state index in [9.17, 15) is 13.6 Å². The van der Waals surface area contributed by atoms with Crippen molar-refractivity contribution in [1.29, 1.82) is 0 Å². The normalized spacial score (nSPS) is 12.3. The Morgan fingerprint density at radius 2 is 2.00 bits per heavy atom. The van der Waals surface area contributed by atoms with Gasteiger partial charge in [-0.1, -0.05) is 22.9 Å². The van der Waals surface area contributed by atoms with Crippen LogP contribution in [0.1, 0.15) is 23.7 Å². The summed E-state index contributed by atoms with van der Waals surface area (Å²) in [5.74, 6) is -2.75. The second-order valence-corrected chi connectivity index (χ2v) is 4.42. The molecule has 6 heteroatoms. The number of nitrogens with one attached hydrogen (secondary N) is 1. The van der Waals surface area contributed by atoms with Crippen LogP contribution in [0.2, 0.25) is 0 Å². The molecule has 0 spiro atoms. The minimum Gasteiger partial charge on any atom is -0.394 e. The molecule has 2 N–H and O–H groups in total. The first kappa shape index (κ1) is 14.1. The van der Waals surface area contributed by atoms with Gasteiger partial charge in [-0.25, -0.2) is 8.78 Å². The van der Waals surface area contributed by atoms with Crippen molar-refractivity contribution in [3.05, 3.63) is 33.8 Å². The number of halogens is 3. The number of rotatable bonds is 4. The molecule has 94 valence electrons. The maximum Gasteiger partial charge on any atom is 0.257 e. The minimum atomic E-state index is -0.942. The molecule has 0 saturated heterocycles. The summed E-state index contributed by atoms with van der Waals surface area (Å²) in [6.45, 7) is 1.47. The molecular formula is C11H12BrF2NO2. The third-order valence-corrected chi connectivity index (χ3v) is 2.74. The van der Waals surface area contributed by atoms with E-state index in [-0.39, 0.29) is 11.1 Å². The topological polar surface area (TPSA) is 49.3 Å². The highest BCUT2D eigenvalue weighted by Gasteiger charge is 2.20. The van der Waals surface area contributed by atoms with Crippen LogP contribution in [0.25, 0.3) is 0 Å². The van der Waals surface area contributed by atoms with Gasteiger partial charge in [0, 0.05) is 4.47 Å². The molecule has 1 aromatic carbocycles. The number of aliphatic hydroxyl groups is 1. The Kier molecular flexibility index (Phi) is 5.02. The van der Waals surface area contributed by atoms with Gasteiger partial charge in [-0.15, -0.1) is 0 Å². The van der Waals surface area contributed by atoms with E-state index < -0.39 is 29.1 Å². The lowest BCUT2D eigenvalue weighted by atomic mass is 10.1. The van der Waals surface area contributed by atoms with Crippen LogP contribution in [0.4, 0.5) is 8.78 Å². The molecule has 1 rings (SSSR count). The van der Waals surface area contributed by atoms with E-state index in [1.807, 2.05) is 0 Å². The summed E-state index contributed by atoms with van der Waals surface area (Å²) < 4.78 is 27.1. The highest BCUT2D eigenvalue weighted by molar-refractivity contribution is 9.10. The summed E-state index contributed by atoms with van der Waals surface area (Å²) in [7, 11) is 0. The van der Waals surface area contributed by atoms with Crippen molar-refractivity contribution in [3.63, 3.8) is 0 Å². The number of amides is 1. The molecular weight excluding hydrogens is 296 g/mol. The molecule has 0 heterocycles. The molecule has 1 unspecified atom stereocenters. The van der Waals surface area contributed by atoms with Crippen LogP contribution in [0.5, 0.6) is 0 Å². The predicted molar refractivity (Wildman–Crippen MR) is 62.7 cm³/mol. The molecule has 0 aliphatic rings. The largest absolute Gasteiger partial charge is 0.394 e. The van der Waals surface area contributed by atoms with Gasteiger partial charge >= 0.3 is 0 Å². The van der Waals surface area contributed by atoms with Crippen molar-refractivity contribution >= 4 is 21.8 Å². The van der Waals surface area contributed by atoms with Gasteiger partial charge in [0.25, 0.3) is 5.91 Å². The fourth-order valence-electron chi connectivity index (χ4n) is 1.29. The second kappa shape index (κ2) is 6.07. The smallest absolute Gasteiger partial charge is 0.257 e. The summed E-state index contributed by atoms with van der Waals surface area (Å²) in [5.41, 5.74) is -0.639. The zero-order chi connectivity index (χ0) is 13.0. The van der Waals surface area contributed by atoms with E-state index in [1.165, 1.54) is 0 Å². The fraction of sp³-hybridized carbons (Fsp3) is 0.364. The molecule has 0 aromatic heterocycles. The molecule has 0 radical (unpaired) electrons. The standard InChI is InChI=1S/C11H12BrF2NO2/c1-2-7(5-16)15-11(17)10-8(13)3-6(12)4-9(10)14/h3-4,7,16H,2,5H2,1H3,(H,15,17). The molecule has 17 heavy (non-hydrogen) atoms. The van der Waals surface area contributed by atoms with Gasteiger partial charge < -0.3 is 10.4 Å². The molecule has 1 atom stereocenters. The zero-order valence-corrected chi connectivity index (χ0v) is 10.7. The summed E-state index contributed by atoms with van der Waals surface area (Å²) >= 11 is 2.92. The van der Waals surface area contributed by atoms with Crippen molar-refractivity contribution < 1.29 is 18.7 Å². The van der Waals surface area contributed by atoms with Gasteiger partial charge in [0.2, 0.25) is 0 Å². The van der Waals surface area contributed by atoms with Gasteiger partial charge in [0.1, 0.15) is 17.2 Å². The Morgan fingerprint density at radius 3 is 2.41 bits per heavy atom.